The van der Waals surface area contributed by atoms with Gasteiger partial charge in [-0.05, 0) is 48.4 Å². The zero-order valence-electron chi connectivity index (χ0n) is 13.5. The van der Waals surface area contributed by atoms with E-state index in [0.717, 1.165) is 16.8 Å². The van der Waals surface area contributed by atoms with Gasteiger partial charge in [0.25, 0.3) is 5.91 Å². The third-order valence-corrected chi connectivity index (χ3v) is 3.53. The van der Waals surface area contributed by atoms with Crippen molar-refractivity contribution in [1.82, 2.24) is 14.8 Å². The van der Waals surface area contributed by atoms with Crippen molar-refractivity contribution in [1.29, 1.82) is 5.26 Å². The van der Waals surface area contributed by atoms with Crippen LogP contribution in [0.1, 0.15) is 11.1 Å². The van der Waals surface area contributed by atoms with E-state index in [1.165, 1.54) is 6.33 Å². The summed E-state index contributed by atoms with van der Waals surface area (Å²) >= 11 is 0. The first-order valence-corrected chi connectivity index (χ1v) is 7.60. The van der Waals surface area contributed by atoms with E-state index in [0.29, 0.717) is 5.69 Å². The molecule has 122 valence electrons. The maximum Gasteiger partial charge on any atom is 0.266 e. The molecule has 0 fully saturated rings. The predicted molar refractivity (Wildman–Crippen MR) is 94.8 cm³/mol. The fraction of sp³-hybridized carbons (Fsp3) is 0.0526. The summed E-state index contributed by atoms with van der Waals surface area (Å²) < 4.78 is 1.63. The molecule has 2 aromatic carbocycles. The van der Waals surface area contributed by atoms with Crippen molar-refractivity contribution in [2.24, 2.45) is 0 Å². The highest BCUT2D eigenvalue weighted by Gasteiger charge is 2.09. The molecule has 0 saturated heterocycles. The quantitative estimate of drug-likeness (QED) is 0.589. The molecule has 1 heterocycles. The number of carbonyl (C=O) groups excluding carboxylic acids is 1. The van der Waals surface area contributed by atoms with Crippen molar-refractivity contribution >= 4 is 17.7 Å². The van der Waals surface area contributed by atoms with Gasteiger partial charge in [-0.3, -0.25) is 4.79 Å². The molecule has 1 amide bonds. The summed E-state index contributed by atoms with van der Waals surface area (Å²) in [4.78, 5) is 16.2. The Morgan fingerprint density at radius 1 is 1.24 bits per heavy atom. The zero-order chi connectivity index (χ0) is 17.6. The second-order valence-electron chi connectivity index (χ2n) is 5.43. The highest BCUT2D eigenvalue weighted by molar-refractivity contribution is 6.09. The van der Waals surface area contributed by atoms with Crippen LogP contribution in [0.4, 0.5) is 5.69 Å². The van der Waals surface area contributed by atoms with Gasteiger partial charge in [-0.2, -0.15) is 10.4 Å². The first kappa shape index (κ1) is 16.1. The van der Waals surface area contributed by atoms with E-state index in [-0.39, 0.29) is 5.57 Å². The first-order chi connectivity index (χ1) is 12.2. The Morgan fingerprint density at radius 3 is 2.68 bits per heavy atom. The van der Waals surface area contributed by atoms with E-state index in [2.05, 4.69) is 15.4 Å². The highest BCUT2D eigenvalue weighted by Crippen LogP contribution is 2.14. The Hall–Kier alpha value is -3.72. The van der Waals surface area contributed by atoms with Gasteiger partial charge < -0.3 is 5.32 Å². The zero-order valence-corrected chi connectivity index (χ0v) is 13.5. The summed E-state index contributed by atoms with van der Waals surface area (Å²) in [7, 11) is 0. The van der Waals surface area contributed by atoms with Crippen LogP contribution in [0, 0.1) is 18.3 Å². The van der Waals surface area contributed by atoms with E-state index in [1.807, 2.05) is 55.5 Å². The van der Waals surface area contributed by atoms with Gasteiger partial charge in [-0.1, -0.05) is 24.3 Å². The molecule has 3 aromatic rings. The molecule has 0 aliphatic heterocycles. The predicted octanol–water partition coefficient (Wildman–Crippen LogP) is 3.12. The number of anilines is 1. The minimum atomic E-state index is -0.437. The van der Waals surface area contributed by atoms with Gasteiger partial charge >= 0.3 is 0 Å². The molecule has 0 unspecified atom stereocenters. The molecule has 25 heavy (non-hydrogen) atoms. The molecule has 0 saturated carbocycles. The normalized spacial score (nSPS) is 11.0. The third kappa shape index (κ3) is 3.98. The van der Waals surface area contributed by atoms with Gasteiger partial charge in [0.2, 0.25) is 0 Å². The number of benzene rings is 2. The Labute approximate surface area is 145 Å². The van der Waals surface area contributed by atoms with Crippen LogP contribution in [0.3, 0.4) is 0 Å². The summed E-state index contributed by atoms with van der Waals surface area (Å²) in [5.74, 6) is -0.437. The lowest BCUT2D eigenvalue weighted by molar-refractivity contribution is -0.112. The van der Waals surface area contributed by atoms with Crippen molar-refractivity contribution in [3.8, 4) is 11.8 Å². The number of hydrogen-bond acceptors (Lipinski definition) is 4. The van der Waals surface area contributed by atoms with Crippen LogP contribution in [0.5, 0.6) is 0 Å². The Kier molecular flexibility index (Phi) is 4.67. The maximum absolute atomic E-state index is 12.3. The standard InChI is InChI=1S/C19H15N5O/c1-14-3-2-4-17(9-14)23-19(25)16(11-20)10-15-5-7-18(8-6-15)24-13-21-12-22-24/h2-10,12-13H,1H3,(H,23,25)/b16-10-. The van der Waals surface area contributed by atoms with Gasteiger partial charge in [0, 0.05) is 5.69 Å². The van der Waals surface area contributed by atoms with Crippen LogP contribution in [-0.4, -0.2) is 20.7 Å². The Bertz CT molecular complexity index is 950. The number of nitrogens with zero attached hydrogens (tertiary/aromatic N) is 4. The molecule has 1 aromatic heterocycles. The molecule has 0 spiro atoms. The summed E-state index contributed by atoms with van der Waals surface area (Å²) in [6.07, 6.45) is 4.61. The number of aryl methyl sites for hydroxylation is 1. The number of nitrogens with one attached hydrogen (secondary N) is 1. The molecule has 0 aliphatic rings. The van der Waals surface area contributed by atoms with Gasteiger partial charge in [-0.25, -0.2) is 9.67 Å². The van der Waals surface area contributed by atoms with Crippen molar-refractivity contribution in [2.75, 3.05) is 5.32 Å². The molecular weight excluding hydrogens is 314 g/mol. The van der Waals surface area contributed by atoms with Crippen LogP contribution < -0.4 is 5.32 Å². The molecule has 3 rings (SSSR count). The first-order valence-electron chi connectivity index (χ1n) is 7.60. The molecule has 1 N–H and O–H groups in total. The number of nitriles is 1. The fourth-order valence-electron chi connectivity index (χ4n) is 2.30. The van der Waals surface area contributed by atoms with Crippen molar-refractivity contribution in [2.45, 2.75) is 6.92 Å². The lowest BCUT2D eigenvalue weighted by Gasteiger charge is -2.05. The van der Waals surface area contributed by atoms with Crippen molar-refractivity contribution < 1.29 is 4.79 Å². The minimum absolute atomic E-state index is 0.0370. The highest BCUT2D eigenvalue weighted by atomic mass is 16.1. The van der Waals surface area contributed by atoms with E-state index >= 15 is 0 Å². The smallest absolute Gasteiger partial charge is 0.266 e. The number of aromatic nitrogens is 3. The second kappa shape index (κ2) is 7.23. The van der Waals surface area contributed by atoms with Crippen molar-refractivity contribution in [3.63, 3.8) is 0 Å². The fourth-order valence-corrected chi connectivity index (χ4v) is 2.30. The van der Waals surface area contributed by atoms with Gasteiger partial charge in [0.1, 0.15) is 24.3 Å². The van der Waals surface area contributed by atoms with Crippen LogP contribution in [-0.2, 0) is 4.79 Å². The topological polar surface area (TPSA) is 83.6 Å². The molecule has 0 bridgehead atoms. The Balaban J connectivity index is 1.78. The monoisotopic (exact) mass is 329 g/mol. The van der Waals surface area contributed by atoms with Crippen LogP contribution in [0.2, 0.25) is 0 Å². The summed E-state index contributed by atoms with van der Waals surface area (Å²) in [5.41, 5.74) is 3.32. The lowest BCUT2D eigenvalue weighted by Crippen LogP contribution is -2.13. The number of rotatable bonds is 4. The summed E-state index contributed by atoms with van der Waals surface area (Å²) in [5, 5.41) is 16.1. The maximum atomic E-state index is 12.3. The molecule has 0 aliphatic carbocycles. The molecule has 0 atom stereocenters. The largest absolute Gasteiger partial charge is 0.321 e. The van der Waals surface area contributed by atoms with Gasteiger partial charge in [0.15, 0.2) is 0 Å². The number of amides is 1. The lowest BCUT2D eigenvalue weighted by atomic mass is 10.1. The minimum Gasteiger partial charge on any atom is -0.321 e. The molecule has 6 nitrogen and oxygen atoms in total. The van der Waals surface area contributed by atoms with E-state index in [1.54, 1.807) is 23.2 Å². The van der Waals surface area contributed by atoms with Crippen LogP contribution in [0.25, 0.3) is 11.8 Å². The number of hydrogen-bond donors (Lipinski definition) is 1. The van der Waals surface area contributed by atoms with Crippen LogP contribution >= 0.6 is 0 Å². The van der Waals surface area contributed by atoms with Gasteiger partial charge in [-0.15, -0.1) is 0 Å². The van der Waals surface area contributed by atoms with E-state index < -0.39 is 5.91 Å². The second-order valence-corrected chi connectivity index (χ2v) is 5.43. The van der Waals surface area contributed by atoms with Crippen molar-refractivity contribution in [3.05, 3.63) is 77.9 Å². The SMILES string of the molecule is Cc1cccc(NC(=O)/C(C#N)=C\c2ccc(-n3cncn3)cc2)c1. The number of carbonyl (C=O) groups is 1. The summed E-state index contributed by atoms with van der Waals surface area (Å²) in [6, 6.07) is 16.7. The van der Waals surface area contributed by atoms with Gasteiger partial charge in [0.05, 0.1) is 5.69 Å². The average Bonchev–Trinajstić information content (AvgIpc) is 3.14. The van der Waals surface area contributed by atoms with Crippen LogP contribution in [0.15, 0.2) is 66.8 Å². The summed E-state index contributed by atoms with van der Waals surface area (Å²) in [6.45, 7) is 1.94. The van der Waals surface area contributed by atoms with E-state index in [9.17, 15) is 10.1 Å². The molecular formula is C19H15N5O. The molecule has 6 heteroatoms. The Morgan fingerprint density at radius 2 is 2.04 bits per heavy atom. The molecule has 0 radical (unpaired) electrons. The third-order valence-electron chi connectivity index (χ3n) is 3.53. The van der Waals surface area contributed by atoms with E-state index in [4.69, 9.17) is 0 Å². The average molecular weight is 329 g/mol.